The molecule has 0 radical (unpaired) electrons. The second-order valence-electron chi connectivity index (χ2n) is 8.97. The Hall–Kier alpha value is -3.23. The minimum Gasteiger partial charge on any atom is -0.455 e. The van der Waals surface area contributed by atoms with Gasteiger partial charge in [-0.25, -0.2) is 9.59 Å². The second kappa shape index (κ2) is 9.33. The maximum Gasteiger partial charge on any atom is 0.338 e. The number of carbonyl (C=O) groups excluding carboxylic acids is 3. The summed E-state index contributed by atoms with van der Waals surface area (Å²) in [7, 11) is 0. The normalized spacial score (nSPS) is 26.3. The molecule has 2 aromatic rings. The van der Waals surface area contributed by atoms with Crippen LogP contribution in [0.5, 0.6) is 0 Å². The fraction of sp³-hybridized carbons (Fsp3) is 0.400. The summed E-state index contributed by atoms with van der Waals surface area (Å²) in [4.78, 5) is 38.4. The van der Waals surface area contributed by atoms with Crippen molar-refractivity contribution in [3.8, 4) is 0 Å². The average molecular weight is 454 g/mol. The number of hydrogen-bond donors (Lipinski definition) is 0. The Labute approximate surface area is 191 Å². The van der Waals surface area contributed by atoms with Gasteiger partial charge in [-0.1, -0.05) is 36.4 Å². The van der Waals surface area contributed by atoms with Crippen molar-refractivity contribution in [3.63, 3.8) is 0 Å². The summed E-state index contributed by atoms with van der Waals surface area (Å²) in [6.07, 6.45) is -4.90. The molecule has 2 saturated heterocycles. The van der Waals surface area contributed by atoms with Crippen LogP contribution in [0.3, 0.4) is 0 Å². The van der Waals surface area contributed by atoms with Crippen LogP contribution >= 0.6 is 0 Å². The summed E-state index contributed by atoms with van der Waals surface area (Å²) < 4.78 is 28.7. The molecule has 0 spiro atoms. The van der Waals surface area contributed by atoms with Crippen LogP contribution in [-0.4, -0.2) is 55.2 Å². The van der Waals surface area contributed by atoms with E-state index in [1.54, 1.807) is 81.4 Å². The fourth-order valence-electron chi connectivity index (χ4n) is 3.57. The van der Waals surface area contributed by atoms with Crippen LogP contribution in [0, 0.1) is 5.41 Å². The van der Waals surface area contributed by atoms with E-state index in [9.17, 15) is 14.4 Å². The van der Waals surface area contributed by atoms with Gasteiger partial charge in [-0.15, -0.1) is 0 Å². The van der Waals surface area contributed by atoms with Gasteiger partial charge in [0.1, 0.15) is 6.10 Å². The molecule has 8 nitrogen and oxygen atoms in total. The van der Waals surface area contributed by atoms with Crippen molar-refractivity contribution < 1.29 is 38.1 Å². The molecule has 33 heavy (non-hydrogen) atoms. The number of hydrogen-bond acceptors (Lipinski definition) is 8. The van der Waals surface area contributed by atoms with Gasteiger partial charge in [0.25, 0.3) is 0 Å². The van der Waals surface area contributed by atoms with Crippen LogP contribution < -0.4 is 0 Å². The molecule has 4 rings (SSSR count). The molecule has 5 atom stereocenters. The molecule has 2 fully saturated rings. The zero-order valence-electron chi connectivity index (χ0n) is 18.6. The van der Waals surface area contributed by atoms with Gasteiger partial charge < -0.3 is 23.7 Å². The first-order valence-corrected chi connectivity index (χ1v) is 10.7. The highest BCUT2D eigenvalue weighted by Gasteiger charge is 2.57. The molecular formula is C25H26O8. The number of fused-ring (bicyclic) bond motifs is 2. The molecule has 2 aliphatic heterocycles. The molecule has 0 N–H and O–H groups in total. The highest BCUT2D eigenvalue weighted by atomic mass is 16.8. The molecule has 2 bridgehead atoms. The second-order valence-corrected chi connectivity index (χ2v) is 8.97. The number of rotatable bonds is 5. The van der Waals surface area contributed by atoms with Gasteiger partial charge in [0.05, 0.1) is 23.1 Å². The topological polar surface area (TPSA) is 97.4 Å². The minimum absolute atomic E-state index is 0.103. The van der Waals surface area contributed by atoms with E-state index in [2.05, 4.69) is 0 Å². The van der Waals surface area contributed by atoms with Crippen molar-refractivity contribution in [2.24, 2.45) is 5.41 Å². The molecule has 174 valence electrons. The van der Waals surface area contributed by atoms with Gasteiger partial charge in [0.15, 0.2) is 24.6 Å². The van der Waals surface area contributed by atoms with Crippen molar-refractivity contribution in [2.45, 2.75) is 51.5 Å². The van der Waals surface area contributed by atoms with E-state index >= 15 is 0 Å². The number of carbonyl (C=O) groups is 3. The molecule has 0 aliphatic carbocycles. The third kappa shape index (κ3) is 5.07. The first-order chi connectivity index (χ1) is 15.7. The third-order valence-electron chi connectivity index (χ3n) is 5.38. The molecule has 2 aliphatic rings. The van der Waals surface area contributed by atoms with E-state index in [4.69, 9.17) is 23.7 Å². The summed E-state index contributed by atoms with van der Waals surface area (Å²) in [5, 5.41) is 0. The van der Waals surface area contributed by atoms with Crippen LogP contribution in [0.15, 0.2) is 60.7 Å². The minimum atomic E-state index is -1.14. The highest BCUT2D eigenvalue weighted by molar-refractivity contribution is 5.90. The lowest BCUT2D eigenvalue weighted by atomic mass is 9.95. The van der Waals surface area contributed by atoms with E-state index in [0.29, 0.717) is 11.1 Å². The average Bonchev–Trinajstić information content (AvgIpc) is 3.25. The van der Waals surface area contributed by atoms with Gasteiger partial charge in [-0.2, -0.15) is 0 Å². The van der Waals surface area contributed by atoms with Crippen molar-refractivity contribution in [3.05, 3.63) is 71.8 Å². The van der Waals surface area contributed by atoms with Crippen molar-refractivity contribution in [1.29, 1.82) is 0 Å². The summed E-state index contributed by atoms with van der Waals surface area (Å²) in [6.45, 7) is 5.24. The lowest BCUT2D eigenvalue weighted by Crippen LogP contribution is -2.59. The predicted octanol–water partition coefficient (Wildman–Crippen LogP) is 3.15. The largest absolute Gasteiger partial charge is 0.455 e. The monoisotopic (exact) mass is 454 g/mol. The summed E-state index contributed by atoms with van der Waals surface area (Å²) in [6, 6.07) is 16.8. The SMILES string of the molecule is CC(C)(C)C(=O)O[C@H]1[C@H](OC(=O)c2ccccc2)[C@@H](OC(=O)c2ccccc2)[C@@H]2OC[C@H]1O2. The lowest BCUT2D eigenvalue weighted by Gasteiger charge is -2.39. The van der Waals surface area contributed by atoms with Crippen LogP contribution in [0.1, 0.15) is 41.5 Å². The summed E-state index contributed by atoms with van der Waals surface area (Å²) in [5.74, 6) is -1.78. The van der Waals surface area contributed by atoms with Crippen LogP contribution in [0.25, 0.3) is 0 Å². The summed E-state index contributed by atoms with van der Waals surface area (Å²) >= 11 is 0. The molecule has 0 amide bonds. The maximum atomic E-state index is 12.9. The Morgan fingerprint density at radius 1 is 0.758 bits per heavy atom. The van der Waals surface area contributed by atoms with E-state index in [1.165, 1.54) is 0 Å². The van der Waals surface area contributed by atoms with E-state index < -0.39 is 54.0 Å². The van der Waals surface area contributed by atoms with E-state index in [-0.39, 0.29) is 6.61 Å². The Kier molecular flexibility index (Phi) is 6.49. The number of ether oxygens (including phenoxy) is 5. The molecular weight excluding hydrogens is 428 g/mol. The highest BCUT2D eigenvalue weighted by Crippen LogP contribution is 2.35. The van der Waals surface area contributed by atoms with E-state index in [0.717, 1.165) is 0 Å². The maximum absolute atomic E-state index is 12.9. The Morgan fingerprint density at radius 3 is 1.79 bits per heavy atom. The fourth-order valence-corrected chi connectivity index (χ4v) is 3.57. The first kappa shape index (κ1) is 22.9. The van der Waals surface area contributed by atoms with Crippen molar-refractivity contribution in [2.75, 3.05) is 6.61 Å². The first-order valence-electron chi connectivity index (χ1n) is 10.7. The molecule has 0 unspecified atom stereocenters. The molecule has 8 heteroatoms. The Balaban J connectivity index is 1.63. The third-order valence-corrected chi connectivity index (χ3v) is 5.38. The van der Waals surface area contributed by atoms with Crippen LogP contribution in [0.4, 0.5) is 0 Å². The van der Waals surface area contributed by atoms with Gasteiger partial charge in [-0.05, 0) is 45.0 Å². The predicted molar refractivity (Wildman–Crippen MR) is 115 cm³/mol. The van der Waals surface area contributed by atoms with Crippen molar-refractivity contribution >= 4 is 17.9 Å². The Morgan fingerprint density at radius 2 is 1.27 bits per heavy atom. The lowest BCUT2D eigenvalue weighted by molar-refractivity contribution is -0.238. The van der Waals surface area contributed by atoms with E-state index in [1.807, 2.05) is 0 Å². The summed E-state index contributed by atoms with van der Waals surface area (Å²) in [5.41, 5.74) is -0.180. The van der Waals surface area contributed by atoms with Crippen molar-refractivity contribution in [1.82, 2.24) is 0 Å². The quantitative estimate of drug-likeness (QED) is 0.502. The van der Waals surface area contributed by atoms with Gasteiger partial charge in [0, 0.05) is 0 Å². The zero-order chi connectivity index (χ0) is 23.6. The smallest absolute Gasteiger partial charge is 0.338 e. The molecule has 0 aromatic heterocycles. The Bertz CT molecular complexity index is 998. The molecule has 2 aromatic carbocycles. The number of benzene rings is 2. The molecule has 0 saturated carbocycles. The van der Waals surface area contributed by atoms with Gasteiger partial charge in [0.2, 0.25) is 0 Å². The zero-order valence-corrected chi connectivity index (χ0v) is 18.6. The van der Waals surface area contributed by atoms with Gasteiger partial charge in [-0.3, -0.25) is 4.79 Å². The standard InChI is InChI=1S/C25H26O8/c1-25(2,3)24(28)33-18-17-14-29-23(30-17)20(32-22(27)16-12-8-5-9-13-16)19(18)31-21(26)15-10-6-4-7-11-15/h4-13,17-20,23H,14H2,1-3H3/t17-,18-,19+,20-,23-/m1/s1. The molecule has 2 heterocycles. The number of esters is 3. The van der Waals surface area contributed by atoms with Gasteiger partial charge >= 0.3 is 17.9 Å². The van der Waals surface area contributed by atoms with Crippen LogP contribution in [0.2, 0.25) is 0 Å². The van der Waals surface area contributed by atoms with Crippen LogP contribution in [-0.2, 0) is 28.5 Å².